The molecule has 2 saturated heterocycles. The van der Waals surface area contributed by atoms with E-state index >= 15 is 0 Å². The summed E-state index contributed by atoms with van der Waals surface area (Å²) < 4.78 is 0. The number of benzene rings is 1. The van der Waals surface area contributed by atoms with Crippen LogP contribution >= 0.6 is 35.6 Å². The third-order valence-corrected chi connectivity index (χ3v) is 4.46. The Kier molecular flexibility index (Phi) is 4.79. The summed E-state index contributed by atoms with van der Waals surface area (Å²) in [6.07, 6.45) is 0. The smallest absolute Gasteiger partial charge is 0.0465 e. The van der Waals surface area contributed by atoms with Gasteiger partial charge in [0.1, 0.15) is 0 Å². The highest BCUT2D eigenvalue weighted by molar-refractivity contribution is 6.35. The molecule has 1 aromatic rings. The van der Waals surface area contributed by atoms with Crippen molar-refractivity contribution in [1.29, 1.82) is 0 Å². The molecule has 0 saturated carbocycles. The highest BCUT2D eigenvalue weighted by Gasteiger charge is 2.35. The zero-order valence-electron chi connectivity index (χ0n) is 10.0. The summed E-state index contributed by atoms with van der Waals surface area (Å²) in [6.45, 7) is 5.68. The van der Waals surface area contributed by atoms with Gasteiger partial charge >= 0.3 is 0 Å². The van der Waals surface area contributed by atoms with Crippen molar-refractivity contribution in [3.63, 3.8) is 0 Å². The van der Waals surface area contributed by atoms with Crippen LogP contribution in [0.1, 0.15) is 5.56 Å². The SMILES string of the molecule is Cl.Clc1ccc(CN2C[C@H]3CNC[C@H]3C2)c(Cl)c1. The monoisotopic (exact) mass is 306 g/mol. The van der Waals surface area contributed by atoms with Crippen LogP contribution in [-0.4, -0.2) is 31.1 Å². The molecule has 2 aliphatic heterocycles. The van der Waals surface area contributed by atoms with Crippen molar-refractivity contribution in [1.82, 2.24) is 10.2 Å². The second kappa shape index (κ2) is 5.98. The third kappa shape index (κ3) is 2.94. The first-order valence-corrected chi connectivity index (χ1v) is 6.85. The van der Waals surface area contributed by atoms with Crippen molar-refractivity contribution < 1.29 is 0 Å². The van der Waals surface area contributed by atoms with Crippen molar-refractivity contribution in [2.24, 2.45) is 11.8 Å². The van der Waals surface area contributed by atoms with Gasteiger partial charge in [-0.25, -0.2) is 0 Å². The molecule has 0 aliphatic carbocycles. The third-order valence-electron chi connectivity index (χ3n) is 3.87. The minimum absolute atomic E-state index is 0. The summed E-state index contributed by atoms with van der Waals surface area (Å²) in [5.41, 5.74) is 1.18. The van der Waals surface area contributed by atoms with Crippen LogP contribution in [0.4, 0.5) is 0 Å². The number of halogens is 3. The maximum absolute atomic E-state index is 6.21. The van der Waals surface area contributed by atoms with Crippen molar-refractivity contribution in [2.75, 3.05) is 26.2 Å². The van der Waals surface area contributed by atoms with Crippen LogP contribution in [0, 0.1) is 11.8 Å². The Balaban J connectivity index is 0.00000120. The van der Waals surface area contributed by atoms with Crippen LogP contribution in [0.25, 0.3) is 0 Å². The first kappa shape index (κ1) is 14.4. The zero-order chi connectivity index (χ0) is 11.8. The molecule has 5 heteroatoms. The second-order valence-electron chi connectivity index (χ2n) is 5.11. The van der Waals surface area contributed by atoms with Gasteiger partial charge in [-0.15, -0.1) is 12.4 Å². The lowest BCUT2D eigenvalue weighted by atomic mass is 10.0. The van der Waals surface area contributed by atoms with Crippen molar-refractivity contribution in [2.45, 2.75) is 6.54 Å². The number of hydrogen-bond donors (Lipinski definition) is 1. The molecule has 0 radical (unpaired) electrons. The van der Waals surface area contributed by atoms with Crippen molar-refractivity contribution in [3.8, 4) is 0 Å². The average molecular weight is 308 g/mol. The molecule has 2 heterocycles. The lowest BCUT2D eigenvalue weighted by Crippen LogP contribution is -2.25. The molecule has 0 bridgehead atoms. The maximum atomic E-state index is 6.21. The van der Waals surface area contributed by atoms with Crippen LogP contribution in [0.3, 0.4) is 0 Å². The van der Waals surface area contributed by atoms with Gasteiger partial charge in [0, 0.05) is 29.7 Å². The molecule has 2 aliphatic rings. The van der Waals surface area contributed by atoms with Gasteiger partial charge in [0.2, 0.25) is 0 Å². The molecule has 100 valence electrons. The molecule has 1 aromatic carbocycles. The molecule has 2 fully saturated rings. The van der Waals surface area contributed by atoms with Gasteiger partial charge in [0.05, 0.1) is 0 Å². The minimum Gasteiger partial charge on any atom is -0.316 e. The minimum atomic E-state index is 0. The Bertz CT molecular complexity index is 413. The van der Waals surface area contributed by atoms with Crippen LogP contribution in [0.5, 0.6) is 0 Å². The zero-order valence-corrected chi connectivity index (χ0v) is 12.4. The number of nitrogens with one attached hydrogen (secondary N) is 1. The Morgan fingerprint density at radius 3 is 2.44 bits per heavy atom. The Hall–Kier alpha value is 0.01000. The van der Waals surface area contributed by atoms with E-state index in [1.54, 1.807) is 0 Å². The predicted octanol–water partition coefficient (Wildman–Crippen LogP) is 3.07. The number of hydrogen-bond acceptors (Lipinski definition) is 2. The molecule has 1 N–H and O–H groups in total. The quantitative estimate of drug-likeness (QED) is 0.903. The molecule has 0 aromatic heterocycles. The number of nitrogens with zero attached hydrogens (tertiary/aromatic N) is 1. The summed E-state index contributed by atoms with van der Waals surface area (Å²) in [6, 6.07) is 5.79. The molecular formula is C13H17Cl3N2. The fourth-order valence-corrected chi connectivity index (χ4v) is 3.44. The molecule has 0 amide bonds. The van der Waals surface area contributed by atoms with E-state index in [-0.39, 0.29) is 12.4 Å². The van der Waals surface area contributed by atoms with Gasteiger partial charge in [-0.3, -0.25) is 4.90 Å². The molecule has 18 heavy (non-hydrogen) atoms. The van der Waals surface area contributed by atoms with Gasteiger partial charge in [-0.1, -0.05) is 29.3 Å². The van der Waals surface area contributed by atoms with Gasteiger partial charge in [0.15, 0.2) is 0 Å². The summed E-state index contributed by atoms with van der Waals surface area (Å²) in [5, 5.41) is 4.95. The summed E-state index contributed by atoms with van der Waals surface area (Å²) in [4.78, 5) is 2.51. The lowest BCUT2D eigenvalue weighted by molar-refractivity contribution is 0.306. The average Bonchev–Trinajstić information content (AvgIpc) is 2.82. The lowest BCUT2D eigenvalue weighted by Gasteiger charge is -2.17. The Labute approximate surface area is 124 Å². The van der Waals surface area contributed by atoms with E-state index in [1.807, 2.05) is 18.2 Å². The fraction of sp³-hybridized carbons (Fsp3) is 0.538. The molecular weight excluding hydrogens is 291 g/mol. The maximum Gasteiger partial charge on any atom is 0.0465 e. The van der Waals surface area contributed by atoms with E-state index < -0.39 is 0 Å². The summed E-state index contributed by atoms with van der Waals surface area (Å²) in [5.74, 6) is 1.67. The molecule has 3 rings (SSSR count). The van der Waals surface area contributed by atoms with E-state index in [9.17, 15) is 0 Å². The summed E-state index contributed by atoms with van der Waals surface area (Å²) in [7, 11) is 0. The highest BCUT2D eigenvalue weighted by atomic mass is 35.5. The van der Waals surface area contributed by atoms with Gasteiger partial charge in [-0.2, -0.15) is 0 Å². The molecule has 2 nitrogen and oxygen atoms in total. The van der Waals surface area contributed by atoms with Gasteiger partial charge < -0.3 is 5.32 Å². The topological polar surface area (TPSA) is 15.3 Å². The van der Waals surface area contributed by atoms with E-state index in [0.29, 0.717) is 5.02 Å². The van der Waals surface area contributed by atoms with Crippen molar-refractivity contribution in [3.05, 3.63) is 33.8 Å². The first-order chi connectivity index (χ1) is 8.22. The number of rotatable bonds is 2. The largest absolute Gasteiger partial charge is 0.316 e. The van der Waals surface area contributed by atoms with Crippen molar-refractivity contribution >= 4 is 35.6 Å². The normalized spacial score (nSPS) is 27.0. The van der Waals surface area contributed by atoms with Gasteiger partial charge in [-0.05, 0) is 42.6 Å². The fourth-order valence-electron chi connectivity index (χ4n) is 2.97. The van der Waals surface area contributed by atoms with Gasteiger partial charge in [0.25, 0.3) is 0 Å². The van der Waals surface area contributed by atoms with E-state index in [1.165, 1.54) is 31.7 Å². The van der Waals surface area contributed by atoms with E-state index in [4.69, 9.17) is 23.2 Å². The van der Waals surface area contributed by atoms with E-state index in [0.717, 1.165) is 23.4 Å². The number of likely N-dealkylation sites (tertiary alicyclic amines) is 1. The molecule has 0 spiro atoms. The standard InChI is InChI=1S/C13H16Cl2N2.ClH/c14-12-2-1-9(13(15)3-12)6-17-7-10-4-16-5-11(10)8-17;/h1-3,10-11,16H,4-8H2;1H/t10-,11+;. The number of fused-ring (bicyclic) bond motifs is 1. The summed E-state index contributed by atoms with van der Waals surface area (Å²) >= 11 is 12.1. The Morgan fingerprint density at radius 1 is 1.17 bits per heavy atom. The van der Waals surface area contributed by atoms with Crippen LogP contribution in [0.15, 0.2) is 18.2 Å². The highest BCUT2D eigenvalue weighted by Crippen LogP contribution is 2.29. The van der Waals surface area contributed by atoms with E-state index in [2.05, 4.69) is 10.2 Å². The molecule has 0 unspecified atom stereocenters. The second-order valence-corrected chi connectivity index (χ2v) is 5.95. The van der Waals surface area contributed by atoms with Crippen LogP contribution in [-0.2, 0) is 6.54 Å². The van der Waals surface area contributed by atoms with Crippen LogP contribution < -0.4 is 5.32 Å². The molecule has 2 atom stereocenters. The first-order valence-electron chi connectivity index (χ1n) is 6.09. The predicted molar refractivity (Wildman–Crippen MR) is 78.8 cm³/mol. The Morgan fingerprint density at radius 2 is 1.83 bits per heavy atom. The van der Waals surface area contributed by atoms with Crippen LogP contribution in [0.2, 0.25) is 10.0 Å².